The van der Waals surface area contributed by atoms with Crippen LogP contribution in [0.4, 0.5) is 0 Å². The molecular weight excluding hydrogens is 170 g/mol. The van der Waals surface area contributed by atoms with E-state index in [1.807, 2.05) is 0 Å². The van der Waals surface area contributed by atoms with E-state index in [1.54, 1.807) is 0 Å². The van der Waals surface area contributed by atoms with Crippen molar-refractivity contribution in [2.75, 3.05) is 27.7 Å². The molecule has 1 aliphatic rings. The highest BCUT2D eigenvalue weighted by Gasteiger charge is 2.58. The molecular formula is C13H26N+. The molecule has 0 amide bonds. The van der Waals surface area contributed by atoms with Gasteiger partial charge < -0.3 is 4.48 Å². The summed E-state index contributed by atoms with van der Waals surface area (Å²) in [5, 5.41) is 0. The van der Waals surface area contributed by atoms with Crippen molar-refractivity contribution in [2.24, 2.45) is 17.3 Å². The minimum atomic E-state index is 0.531. The summed E-state index contributed by atoms with van der Waals surface area (Å²) in [6.45, 7) is 10.5. The molecule has 1 aliphatic carbocycles. The van der Waals surface area contributed by atoms with Crippen molar-refractivity contribution >= 4 is 0 Å². The normalized spacial score (nSPS) is 29.9. The van der Waals surface area contributed by atoms with Gasteiger partial charge in [-0.1, -0.05) is 25.5 Å². The Morgan fingerprint density at radius 1 is 1.21 bits per heavy atom. The van der Waals surface area contributed by atoms with Crippen LogP contribution in [0.3, 0.4) is 0 Å². The van der Waals surface area contributed by atoms with Crippen molar-refractivity contribution in [3.8, 4) is 0 Å². The lowest BCUT2D eigenvalue weighted by Gasteiger charge is -2.24. The summed E-state index contributed by atoms with van der Waals surface area (Å²) in [4.78, 5) is 0. The van der Waals surface area contributed by atoms with Gasteiger partial charge in [-0.05, 0) is 25.2 Å². The molecule has 1 heteroatoms. The van der Waals surface area contributed by atoms with Gasteiger partial charge in [0.15, 0.2) is 0 Å². The zero-order valence-corrected chi connectivity index (χ0v) is 10.9. The largest absolute Gasteiger partial charge is 0.331 e. The van der Waals surface area contributed by atoms with Crippen molar-refractivity contribution in [1.29, 1.82) is 0 Å². The maximum Gasteiger partial charge on any atom is 0.0820 e. The highest BCUT2D eigenvalue weighted by atomic mass is 15.3. The van der Waals surface area contributed by atoms with Gasteiger partial charge in [-0.15, -0.1) is 0 Å². The maximum absolute atomic E-state index is 2.46. The molecule has 0 spiro atoms. The summed E-state index contributed by atoms with van der Waals surface area (Å²) in [5.41, 5.74) is 2.00. The van der Waals surface area contributed by atoms with Crippen LogP contribution in [0.25, 0.3) is 0 Å². The summed E-state index contributed by atoms with van der Waals surface area (Å²) in [7, 11) is 6.86. The van der Waals surface area contributed by atoms with Gasteiger partial charge >= 0.3 is 0 Å². The van der Waals surface area contributed by atoms with Crippen LogP contribution in [0.2, 0.25) is 0 Å². The van der Waals surface area contributed by atoms with Crippen LogP contribution in [-0.2, 0) is 0 Å². The standard InChI is InChI=1S/C13H26N/c1-10(2)8-11-12(13(11,3)4)9-14(5,6)7/h8,11-12H,9H2,1-7H3/q+1/t11-,12-/m0/s1. The quantitative estimate of drug-likeness (QED) is 0.481. The van der Waals surface area contributed by atoms with E-state index in [4.69, 9.17) is 0 Å². The Morgan fingerprint density at radius 3 is 2.07 bits per heavy atom. The minimum absolute atomic E-state index is 0.531. The van der Waals surface area contributed by atoms with E-state index < -0.39 is 0 Å². The molecule has 0 saturated heterocycles. The molecule has 0 heterocycles. The lowest BCUT2D eigenvalue weighted by atomic mass is 10.1. The first kappa shape index (κ1) is 11.8. The van der Waals surface area contributed by atoms with Gasteiger partial charge in [-0.2, -0.15) is 0 Å². The fraction of sp³-hybridized carbons (Fsp3) is 0.846. The van der Waals surface area contributed by atoms with Crippen molar-refractivity contribution in [3.05, 3.63) is 11.6 Å². The first-order valence-corrected chi connectivity index (χ1v) is 5.60. The third kappa shape index (κ3) is 2.60. The van der Waals surface area contributed by atoms with Gasteiger partial charge in [0.1, 0.15) is 0 Å². The molecule has 0 bridgehead atoms. The second kappa shape index (κ2) is 3.37. The van der Waals surface area contributed by atoms with Gasteiger partial charge in [0.05, 0.1) is 27.7 Å². The van der Waals surface area contributed by atoms with Crippen molar-refractivity contribution in [3.63, 3.8) is 0 Å². The highest BCUT2D eigenvalue weighted by Crippen LogP contribution is 2.59. The molecule has 0 N–H and O–H groups in total. The molecule has 1 fully saturated rings. The number of quaternary nitrogens is 1. The van der Waals surface area contributed by atoms with Crippen LogP contribution in [0, 0.1) is 17.3 Å². The Morgan fingerprint density at radius 2 is 1.71 bits per heavy atom. The second-order valence-electron chi connectivity index (χ2n) is 6.67. The zero-order chi connectivity index (χ0) is 11.1. The Labute approximate surface area is 89.4 Å². The SMILES string of the molecule is CC(C)=C[C@H]1[C@H](C[N+](C)(C)C)C1(C)C. The molecule has 0 aromatic carbocycles. The average molecular weight is 196 g/mol. The van der Waals surface area contributed by atoms with E-state index in [1.165, 1.54) is 12.1 Å². The van der Waals surface area contributed by atoms with Crippen LogP contribution in [0.1, 0.15) is 27.7 Å². The molecule has 14 heavy (non-hydrogen) atoms. The summed E-state index contributed by atoms with van der Waals surface area (Å²) in [5.74, 6) is 1.68. The predicted octanol–water partition coefficient (Wildman–Crippen LogP) is 2.93. The van der Waals surface area contributed by atoms with Crippen LogP contribution in [-0.4, -0.2) is 32.2 Å². The summed E-state index contributed by atoms with van der Waals surface area (Å²) in [6, 6.07) is 0. The zero-order valence-electron chi connectivity index (χ0n) is 10.9. The summed E-state index contributed by atoms with van der Waals surface area (Å²) >= 11 is 0. The molecule has 2 atom stereocenters. The molecule has 0 aromatic heterocycles. The molecule has 1 rings (SSSR count). The minimum Gasteiger partial charge on any atom is -0.331 e. The number of nitrogens with zero attached hydrogens (tertiary/aromatic N) is 1. The Kier molecular flexibility index (Phi) is 2.84. The van der Waals surface area contributed by atoms with Crippen LogP contribution >= 0.6 is 0 Å². The molecule has 0 unspecified atom stereocenters. The van der Waals surface area contributed by atoms with Crippen molar-refractivity contribution in [1.82, 2.24) is 0 Å². The first-order valence-electron chi connectivity index (χ1n) is 5.60. The third-order valence-corrected chi connectivity index (χ3v) is 3.40. The van der Waals surface area contributed by atoms with Gasteiger partial charge in [0.25, 0.3) is 0 Å². The van der Waals surface area contributed by atoms with Crippen molar-refractivity contribution < 1.29 is 4.48 Å². The van der Waals surface area contributed by atoms with E-state index in [9.17, 15) is 0 Å². The fourth-order valence-electron chi connectivity index (χ4n) is 2.42. The molecule has 1 saturated carbocycles. The molecule has 0 aliphatic heterocycles. The second-order valence-corrected chi connectivity index (χ2v) is 6.67. The summed E-state index contributed by atoms with van der Waals surface area (Å²) in [6.07, 6.45) is 2.46. The average Bonchev–Trinajstić information content (AvgIpc) is 2.34. The number of rotatable bonds is 3. The topological polar surface area (TPSA) is 0 Å². The van der Waals surface area contributed by atoms with Gasteiger partial charge in [0, 0.05) is 5.92 Å². The van der Waals surface area contributed by atoms with E-state index in [0.29, 0.717) is 5.41 Å². The molecule has 0 radical (unpaired) electrons. The van der Waals surface area contributed by atoms with Crippen LogP contribution in [0.15, 0.2) is 11.6 Å². The molecule has 82 valence electrons. The molecule has 0 aromatic rings. The van der Waals surface area contributed by atoms with Gasteiger partial charge in [0.2, 0.25) is 0 Å². The smallest absolute Gasteiger partial charge is 0.0820 e. The Hall–Kier alpha value is -0.300. The fourth-order valence-corrected chi connectivity index (χ4v) is 2.42. The van der Waals surface area contributed by atoms with E-state index in [2.05, 4.69) is 54.9 Å². The monoisotopic (exact) mass is 196 g/mol. The summed E-state index contributed by atoms with van der Waals surface area (Å²) < 4.78 is 1.08. The number of hydrogen-bond donors (Lipinski definition) is 0. The maximum atomic E-state index is 2.46. The van der Waals surface area contributed by atoms with Crippen molar-refractivity contribution in [2.45, 2.75) is 27.7 Å². The Balaban J connectivity index is 2.63. The van der Waals surface area contributed by atoms with E-state index >= 15 is 0 Å². The van der Waals surface area contributed by atoms with Gasteiger partial charge in [-0.3, -0.25) is 0 Å². The highest BCUT2D eigenvalue weighted by molar-refractivity contribution is 5.16. The molecule has 1 nitrogen and oxygen atoms in total. The van der Waals surface area contributed by atoms with Gasteiger partial charge in [-0.25, -0.2) is 0 Å². The van der Waals surface area contributed by atoms with E-state index in [0.717, 1.165) is 16.3 Å². The predicted molar refractivity (Wildman–Crippen MR) is 63.1 cm³/mol. The number of hydrogen-bond acceptors (Lipinski definition) is 0. The van der Waals surface area contributed by atoms with E-state index in [-0.39, 0.29) is 0 Å². The van der Waals surface area contributed by atoms with Crippen LogP contribution in [0.5, 0.6) is 0 Å². The lowest BCUT2D eigenvalue weighted by Crippen LogP contribution is -2.37. The Bertz CT molecular complexity index is 238. The first-order chi connectivity index (χ1) is 6.14. The third-order valence-electron chi connectivity index (χ3n) is 3.40. The van der Waals surface area contributed by atoms with Crippen LogP contribution < -0.4 is 0 Å². The number of allylic oxidation sites excluding steroid dienone is 2. The lowest BCUT2D eigenvalue weighted by molar-refractivity contribution is -0.872.